The van der Waals surface area contributed by atoms with E-state index in [-0.39, 0.29) is 6.03 Å². The number of aromatic nitrogens is 4. The van der Waals surface area contributed by atoms with E-state index in [2.05, 4.69) is 35.5 Å². The Balaban J connectivity index is 1.30. The van der Waals surface area contributed by atoms with Crippen molar-refractivity contribution in [2.75, 3.05) is 42.9 Å². The van der Waals surface area contributed by atoms with Gasteiger partial charge in [0.05, 0.1) is 5.69 Å². The fourth-order valence-corrected chi connectivity index (χ4v) is 3.52. The van der Waals surface area contributed by atoms with Crippen molar-refractivity contribution < 1.29 is 9.18 Å². The largest absolute Gasteiger partial charge is 0.365 e. The van der Waals surface area contributed by atoms with Crippen LogP contribution in [0, 0.1) is 5.95 Å². The molecular formula is C21H25FN8O. The molecule has 31 heavy (non-hydrogen) atoms. The summed E-state index contributed by atoms with van der Waals surface area (Å²) in [6, 6.07) is 7.03. The first kappa shape index (κ1) is 20.7. The highest BCUT2D eigenvalue weighted by Crippen LogP contribution is 2.23. The molecular weight excluding hydrogens is 399 g/mol. The Kier molecular flexibility index (Phi) is 6.37. The zero-order valence-electron chi connectivity index (χ0n) is 17.3. The number of H-pyrrole nitrogens is 1. The van der Waals surface area contributed by atoms with Crippen molar-refractivity contribution in [3.05, 3.63) is 54.4 Å². The number of anilines is 2. The number of hydrogen-bond acceptors (Lipinski definition) is 6. The van der Waals surface area contributed by atoms with Gasteiger partial charge in [-0.25, -0.2) is 19.7 Å². The van der Waals surface area contributed by atoms with Gasteiger partial charge in [-0.15, -0.1) is 0 Å². The molecule has 0 bridgehead atoms. The van der Waals surface area contributed by atoms with Crippen LogP contribution in [0.4, 0.5) is 20.7 Å². The third-order valence-corrected chi connectivity index (χ3v) is 5.09. The van der Waals surface area contributed by atoms with Gasteiger partial charge >= 0.3 is 6.03 Å². The third kappa shape index (κ3) is 5.15. The first-order valence-electron chi connectivity index (χ1n) is 10.3. The third-order valence-electron chi connectivity index (χ3n) is 5.09. The molecule has 2 amide bonds. The highest BCUT2D eigenvalue weighted by Gasteiger charge is 2.21. The minimum absolute atomic E-state index is 0.266. The topological polar surface area (TPSA) is 102 Å². The summed E-state index contributed by atoms with van der Waals surface area (Å²) >= 11 is 0. The van der Waals surface area contributed by atoms with Crippen molar-refractivity contribution in [2.45, 2.75) is 13.5 Å². The van der Waals surface area contributed by atoms with Crippen LogP contribution in [0.2, 0.25) is 0 Å². The normalized spacial score (nSPS) is 14.5. The van der Waals surface area contributed by atoms with Crippen LogP contribution in [-0.4, -0.2) is 63.6 Å². The summed E-state index contributed by atoms with van der Waals surface area (Å²) in [6.07, 6.45) is 5.07. The lowest BCUT2D eigenvalue weighted by atomic mass is 10.2. The van der Waals surface area contributed by atoms with Crippen LogP contribution in [0.15, 0.2) is 42.9 Å². The number of halogens is 1. The average Bonchev–Trinajstić information content (AvgIpc) is 3.31. The zero-order valence-corrected chi connectivity index (χ0v) is 17.3. The van der Waals surface area contributed by atoms with Crippen molar-refractivity contribution in [1.29, 1.82) is 0 Å². The van der Waals surface area contributed by atoms with Crippen molar-refractivity contribution in [1.82, 2.24) is 30.2 Å². The fourth-order valence-electron chi connectivity index (χ4n) is 3.52. The first-order chi connectivity index (χ1) is 15.1. The Morgan fingerprint density at radius 3 is 2.65 bits per heavy atom. The Morgan fingerprint density at radius 2 is 2.00 bits per heavy atom. The molecule has 0 aliphatic carbocycles. The summed E-state index contributed by atoms with van der Waals surface area (Å²) in [4.78, 5) is 31.3. The molecule has 3 N–H and O–H groups in total. The monoisotopic (exact) mass is 424 g/mol. The molecule has 0 saturated carbocycles. The van der Waals surface area contributed by atoms with E-state index in [1.807, 2.05) is 17.9 Å². The van der Waals surface area contributed by atoms with E-state index >= 15 is 0 Å². The number of hydrogen-bond donors (Lipinski definition) is 3. The van der Waals surface area contributed by atoms with Gasteiger partial charge in [0.1, 0.15) is 11.5 Å². The number of piperazine rings is 1. The fraction of sp³-hybridized carbons (Fsp3) is 0.333. The smallest absolute Gasteiger partial charge is 0.320 e. The van der Waals surface area contributed by atoms with E-state index in [4.69, 9.17) is 0 Å². The van der Waals surface area contributed by atoms with Crippen LogP contribution in [0.1, 0.15) is 12.5 Å². The molecule has 3 aromatic heterocycles. The molecule has 4 rings (SSSR count). The van der Waals surface area contributed by atoms with E-state index in [0.29, 0.717) is 42.7 Å². The van der Waals surface area contributed by atoms with Crippen LogP contribution < -0.4 is 15.5 Å². The molecule has 1 aliphatic heterocycles. The molecule has 1 aliphatic rings. The molecule has 0 unspecified atom stereocenters. The van der Waals surface area contributed by atoms with Crippen LogP contribution in [0.5, 0.6) is 0 Å². The molecule has 9 nitrogen and oxygen atoms in total. The van der Waals surface area contributed by atoms with E-state index in [1.165, 1.54) is 0 Å². The van der Waals surface area contributed by atoms with Gasteiger partial charge in [0.2, 0.25) is 5.95 Å². The molecule has 4 heterocycles. The van der Waals surface area contributed by atoms with E-state index < -0.39 is 5.95 Å². The van der Waals surface area contributed by atoms with Crippen LogP contribution in [-0.2, 0) is 6.54 Å². The van der Waals surface area contributed by atoms with Crippen LogP contribution in [0.3, 0.4) is 0 Å². The molecule has 162 valence electrons. The number of aromatic amines is 1. The maximum absolute atomic E-state index is 14.6. The van der Waals surface area contributed by atoms with Gasteiger partial charge in [-0.2, -0.15) is 4.39 Å². The number of carbonyl (C=O) groups is 1. The van der Waals surface area contributed by atoms with Gasteiger partial charge in [0, 0.05) is 57.9 Å². The number of urea groups is 1. The summed E-state index contributed by atoms with van der Waals surface area (Å²) in [7, 11) is 0. The van der Waals surface area contributed by atoms with Gasteiger partial charge in [-0.1, -0.05) is 6.07 Å². The van der Waals surface area contributed by atoms with Gasteiger partial charge in [-0.05, 0) is 30.7 Å². The molecule has 3 aromatic rings. The summed E-state index contributed by atoms with van der Waals surface area (Å²) in [5, 5.41) is 5.35. The van der Waals surface area contributed by atoms with Gasteiger partial charge in [0.25, 0.3) is 0 Å². The lowest BCUT2D eigenvalue weighted by molar-refractivity contribution is 0.249. The second kappa shape index (κ2) is 9.52. The van der Waals surface area contributed by atoms with Gasteiger partial charge < -0.3 is 15.2 Å². The SMILES string of the molecule is CCNC(=O)Nc1ccc(CN2CCN(c3ccc(-c4ncc[nH]4)nc3F)CC2)cn1. The maximum Gasteiger partial charge on any atom is 0.320 e. The number of nitrogens with one attached hydrogen (secondary N) is 3. The van der Waals surface area contributed by atoms with Gasteiger partial charge in [0.15, 0.2) is 5.82 Å². The second-order valence-corrected chi connectivity index (χ2v) is 7.24. The highest BCUT2D eigenvalue weighted by molar-refractivity contribution is 5.88. The minimum Gasteiger partial charge on any atom is -0.365 e. The predicted octanol–water partition coefficient (Wildman–Crippen LogP) is 2.47. The molecule has 1 fully saturated rings. The van der Waals surface area contributed by atoms with Crippen molar-refractivity contribution >= 4 is 17.5 Å². The number of rotatable bonds is 6. The molecule has 0 aromatic carbocycles. The number of carbonyl (C=O) groups excluding carboxylic acids is 1. The summed E-state index contributed by atoms with van der Waals surface area (Å²) in [5.74, 6) is 0.582. The first-order valence-corrected chi connectivity index (χ1v) is 10.3. The van der Waals surface area contributed by atoms with Crippen LogP contribution in [0.25, 0.3) is 11.5 Å². The van der Waals surface area contributed by atoms with Crippen LogP contribution >= 0.6 is 0 Å². The zero-order chi connectivity index (χ0) is 21.6. The Bertz CT molecular complexity index is 1000. The predicted molar refractivity (Wildman–Crippen MR) is 116 cm³/mol. The lowest BCUT2D eigenvalue weighted by Gasteiger charge is -2.36. The number of imidazole rings is 1. The average molecular weight is 424 g/mol. The molecule has 1 saturated heterocycles. The lowest BCUT2D eigenvalue weighted by Crippen LogP contribution is -2.46. The molecule has 0 atom stereocenters. The van der Waals surface area contributed by atoms with Crippen molar-refractivity contribution in [3.8, 4) is 11.5 Å². The second-order valence-electron chi connectivity index (χ2n) is 7.24. The maximum atomic E-state index is 14.6. The molecule has 10 heteroatoms. The molecule has 0 radical (unpaired) electrons. The summed E-state index contributed by atoms with van der Waals surface area (Å²) in [6.45, 7) is 6.20. The standard InChI is InChI=1S/C21H25FN8O/c1-2-23-21(31)28-18-6-3-15(13-26-18)14-29-9-11-30(12-10-29)17-5-4-16(27-19(17)22)20-24-7-8-25-20/h3-8,13H,2,9-12,14H2,1H3,(H,24,25)(H2,23,26,28,31). The summed E-state index contributed by atoms with van der Waals surface area (Å²) in [5.41, 5.74) is 2.06. The summed E-state index contributed by atoms with van der Waals surface area (Å²) < 4.78 is 14.6. The Labute approximate surface area is 179 Å². The van der Waals surface area contributed by atoms with Crippen molar-refractivity contribution in [2.24, 2.45) is 0 Å². The quantitative estimate of drug-likeness (QED) is 0.526. The number of nitrogens with zero attached hydrogens (tertiary/aromatic N) is 5. The van der Waals surface area contributed by atoms with E-state index in [9.17, 15) is 9.18 Å². The van der Waals surface area contributed by atoms with E-state index in [1.54, 1.807) is 36.8 Å². The number of amides is 2. The Hall–Kier alpha value is -3.53. The van der Waals surface area contributed by atoms with E-state index in [0.717, 1.165) is 25.2 Å². The minimum atomic E-state index is -0.484. The van der Waals surface area contributed by atoms with Gasteiger partial charge in [-0.3, -0.25) is 10.2 Å². The Morgan fingerprint density at radius 1 is 1.16 bits per heavy atom. The number of pyridine rings is 2. The van der Waals surface area contributed by atoms with Crippen molar-refractivity contribution in [3.63, 3.8) is 0 Å². The highest BCUT2D eigenvalue weighted by atomic mass is 19.1. The molecule has 0 spiro atoms.